The zero-order valence-corrected chi connectivity index (χ0v) is 15.4. The molecule has 0 aromatic heterocycles. The maximum Gasteiger partial charge on any atom is 0.315 e. The molecule has 0 bridgehead atoms. The first-order valence-corrected chi connectivity index (χ1v) is 8.79. The van der Waals surface area contributed by atoms with Gasteiger partial charge in [-0.2, -0.15) is 0 Å². The number of rotatable bonds is 7. The molecule has 0 aliphatic heterocycles. The molecule has 0 spiro atoms. The zero-order valence-electron chi connectivity index (χ0n) is 15.4. The first-order chi connectivity index (χ1) is 13.6. The van der Waals surface area contributed by atoms with Crippen LogP contribution in [0.3, 0.4) is 0 Å². The second-order valence-corrected chi connectivity index (χ2v) is 6.09. The highest BCUT2D eigenvalue weighted by atomic mass is 19.1. The molecule has 0 atom stereocenters. The Kier molecular flexibility index (Phi) is 6.46. The smallest absolute Gasteiger partial charge is 0.315 e. The number of hydrogen-bond donors (Lipinski definition) is 2. The molecular weight excluding hydrogens is 359 g/mol. The number of amides is 2. The van der Waals surface area contributed by atoms with Crippen molar-refractivity contribution >= 4 is 6.03 Å². The van der Waals surface area contributed by atoms with Crippen LogP contribution < -0.4 is 20.1 Å². The molecule has 3 aromatic carbocycles. The van der Waals surface area contributed by atoms with Gasteiger partial charge >= 0.3 is 6.03 Å². The minimum absolute atomic E-state index is 0.263. The zero-order chi connectivity index (χ0) is 19.8. The van der Waals surface area contributed by atoms with Crippen LogP contribution in [0.4, 0.5) is 9.18 Å². The molecule has 3 rings (SSSR count). The third-order valence-corrected chi connectivity index (χ3v) is 4.01. The largest absolute Gasteiger partial charge is 0.497 e. The Morgan fingerprint density at radius 2 is 1.46 bits per heavy atom. The van der Waals surface area contributed by atoms with Crippen molar-refractivity contribution in [3.8, 4) is 17.2 Å². The summed E-state index contributed by atoms with van der Waals surface area (Å²) in [4.78, 5) is 12.0. The Balaban J connectivity index is 1.48. The van der Waals surface area contributed by atoms with Crippen LogP contribution in [0, 0.1) is 5.82 Å². The molecule has 28 heavy (non-hydrogen) atoms. The van der Waals surface area contributed by atoms with E-state index in [2.05, 4.69) is 10.6 Å². The standard InChI is InChI=1S/C22H21FN2O3/c1-27-19-9-5-16(6-10-19)14-24-22(26)25-15-17-3-2-4-21(13-17)28-20-11-7-18(23)8-12-20/h2-13H,14-15H2,1H3,(H2,24,25,26). The summed E-state index contributed by atoms with van der Waals surface area (Å²) in [6, 6.07) is 20.4. The Morgan fingerprint density at radius 3 is 2.14 bits per heavy atom. The minimum Gasteiger partial charge on any atom is -0.497 e. The highest BCUT2D eigenvalue weighted by molar-refractivity contribution is 5.73. The van der Waals surface area contributed by atoms with E-state index in [1.807, 2.05) is 42.5 Å². The fourth-order valence-corrected chi connectivity index (χ4v) is 2.53. The maximum atomic E-state index is 13.0. The third kappa shape index (κ3) is 5.74. The minimum atomic E-state index is -0.314. The number of urea groups is 1. The molecule has 2 N–H and O–H groups in total. The summed E-state index contributed by atoms with van der Waals surface area (Å²) in [5.41, 5.74) is 1.87. The van der Waals surface area contributed by atoms with Gasteiger partial charge in [-0.05, 0) is 59.7 Å². The van der Waals surface area contributed by atoms with Gasteiger partial charge in [0.25, 0.3) is 0 Å². The van der Waals surface area contributed by atoms with Gasteiger partial charge in [0, 0.05) is 13.1 Å². The summed E-state index contributed by atoms with van der Waals surface area (Å²) >= 11 is 0. The second kappa shape index (κ2) is 9.41. The van der Waals surface area contributed by atoms with E-state index < -0.39 is 0 Å². The monoisotopic (exact) mass is 380 g/mol. The summed E-state index contributed by atoms with van der Waals surface area (Å²) in [6.45, 7) is 0.776. The van der Waals surface area contributed by atoms with Gasteiger partial charge in [0.05, 0.1) is 7.11 Å². The number of nitrogens with one attached hydrogen (secondary N) is 2. The van der Waals surface area contributed by atoms with Crippen molar-refractivity contribution < 1.29 is 18.7 Å². The van der Waals surface area contributed by atoms with Crippen LogP contribution in [0.2, 0.25) is 0 Å². The maximum absolute atomic E-state index is 13.0. The van der Waals surface area contributed by atoms with Gasteiger partial charge in [0.1, 0.15) is 23.1 Å². The van der Waals surface area contributed by atoms with Gasteiger partial charge < -0.3 is 20.1 Å². The molecule has 0 unspecified atom stereocenters. The molecule has 0 saturated heterocycles. The molecule has 2 amide bonds. The first-order valence-electron chi connectivity index (χ1n) is 8.79. The highest BCUT2D eigenvalue weighted by Gasteiger charge is 2.03. The first kappa shape index (κ1) is 19.2. The average molecular weight is 380 g/mol. The predicted molar refractivity (Wildman–Crippen MR) is 105 cm³/mol. The number of hydrogen-bond acceptors (Lipinski definition) is 3. The Labute approximate surface area is 163 Å². The second-order valence-electron chi connectivity index (χ2n) is 6.09. The summed E-state index contributed by atoms with van der Waals surface area (Å²) in [5, 5.41) is 5.62. The molecule has 5 nitrogen and oxygen atoms in total. The molecule has 0 aliphatic rings. The molecule has 0 saturated carbocycles. The summed E-state index contributed by atoms with van der Waals surface area (Å²) in [7, 11) is 1.61. The average Bonchev–Trinajstić information content (AvgIpc) is 2.73. The molecule has 0 radical (unpaired) electrons. The van der Waals surface area contributed by atoms with Gasteiger partial charge in [-0.15, -0.1) is 0 Å². The van der Waals surface area contributed by atoms with Crippen molar-refractivity contribution in [1.29, 1.82) is 0 Å². The van der Waals surface area contributed by atoms with Crippen LogP contribution in [0.25, 0.3) is 0 Å². The van der Waals surface area contributed by atoms with E-state index >= 15 is 0 Å². The van der Waals surface area contributed by atoms with Gasteiger partial charge in [0.15, 0.2) is 0 Å². The van der Waals surface area contributed by atoms with Crippen LogP contribution in [-0.2, 0) is 13.1 Å². The normalized spacial score (nSPS) is 10.2. The van der Waals surface area contributed by atoms with Crippen molar-refractivity contribution in [3.05, 3.63) is 89.7 Å². The van der Waals surface area contributed by atoms with Gasteiger partial charge in [0.2, 0.25) is 0 Å². The lowest BCUT2D eigenvalue weighted by molar-refractivity contribution is 0.240. The molecular formula is C22H21FN2O3. The van der Waals surface area contributed by atoms with Crippen LogP contribution in [-0.4, -0.2) is 13.1 Å². The predicted octanol–water partition coefficient (Wildman–Crippen LogP) is 4.63. The number of carbonyl (C=O) groups is 1. The van der Waals surface area contributed by atoms with Crippen LogP contribution in [0.5, 0.6) is 17.2 Å². The number of carbonyl (C=O) groups excluding carboxylic acids is 1. The number of benzene rings is 3. The summed E-state index contributed by atoms with van der Waals surface area (Å²) in [5.74, 6) is 1.62. The molecule has 6 heteroatoms. The molecule has 0 fully saturated rings. The third-order valence-electron chi connectivity index (χ3n) is 4.01. The Bertz CT molecular complexity index is 912. The quantitative estimate of drug-likeness (QED) is 0.628. The number of methoxy groups -OCH3 is 1. The number of ether oxygens (including phenoxy) is 2. The van der Waals surface area contributed by atoms with Crippen molar-refractivity contribution in [2.24, 2.45) is 0 Å². The topological polar surface area (TPSA) is 59.6 Å². The highest BCUT2D eigenvalue weighted by Crippen LogP contribution is 2.22. The lowest BCUT2D eigenvalue weighted by Crippen LogP contribution is -2.34. The number of halogens is 1. The fraction of sp³-hybridized carbons (Fsp3) is 0.136. The van der Waals surface area contributed by atoms with Crippen molar-refractivity contribution in [3.63, 3.8) is 0 Å². The van der Waals surface area contributed by atoms with E-state index in [0.29, 0.717) is 24.6 Å². The Hall–Kier alpha value is -3.54. The SMILES string of the molecule is COc1ccc(CNC(=O)NCc2cccc(Oc3ccc(F)cc3)c2)cc1. The van der Waals surface area contributed by atoms with E-state index in [1.54, 1.807) is 25.3 Å². The van der Waals surface area contributed by atoms with E-state index in [-0.39, 0.29) is 11.8 Å². The van der Waals surface area contributed by atoms with Crippen molar-refractivity contribution in [1.82, 2.24) is 10.6 Å². The molecule has 144 valence electrons. The van der Waals surface area contributed by atoms with Crippen LogP contribution in [0.1, 0.15) is 11.1 Å². The Morgan fingerprint density at radius 1 is 0.821 bits per heavy atom. The van der Waals surface area contributed by atoms with Gasteiger partial charge in [-0.1, -0.05) is 24.3 Å². The molecule has 0 aliphatic carbocycles. The lowest BCUT2D eigenvalue weighted by atomic mass is 10.2. The van der Waals surface area contributed by atoms with Crippen LogP contribution >= 0.6 is 0 Å². The van der Waals surface area contributed by atoms with Crippen molar-refractivity contribution in [2.75, 3.05) is 7.11 Å². The lowest BCUT2D eigenvalue weighted by Gasteiger charge is -2.10. The fourth-order valence-electron chi connectivity index (χ4n) is 2.53. The van der Waals surface area contributed by atoms with Gasteiger partial charge in [-0.3, -0.25) is 0 Å². The van der Waals surface area contributed by atoms with E-state index in [4.69, 9.17) is 9.47 Å². The van der Waals surface area contributed by atoms with E-state index in [1.165, 1.54) is 12.1 Å². The summed E-state index contributed by atoms with van der Waals surface area (Å²) in [6.07, 6.45) is 0. The van der Waals surface area contributed by atoms with Gasteiger partial charge in [-0.25, -0.2) is 9.18 Å². The molecule has 3 aromatic rings. The van der Waals surface area contributed by atoms with Crippen LogP contribution in [0.15, 0.2) is 72.8 Å². The summed E-state index contributed by atoms with van der Waals surface area (Å²) < 4.78 is 23.8. The van der Waals surface area contributed by atoms with E-state index in [0.717, 1.165) is 16.9 Å². The van der Waals surface area contributed by atoms with E-state index in [9.17, 15) is 9.18 Å². The van der Waals surface area contributed by atoms with Crippen molar-refractivity contribution in [2.45, 2.75) is 13.1 Å². The molecule has 0 heterocycles.